The SMILES string of the molecule is O=C(CN1C(=O)NC2(CCc3ccccc32)C1=O)NCc1cccc2c1OCCO2. The fraction of sp³-hybridized carbons (Fsp3) is 0.318. The first kappa shape index (κ1) is 18.5. The number of aryl methyl sites for hydroxylation is 1. The number of hydrogen-bond acceptors (Lipinski definition) is 5. The van der Waals surface area contributed by atoms with Crippen LogP contribution in [0.5, 0.6) is 11.5 Å². The highest BCUT2D eigenvalue weighted by Gasteiger charge is 2.55. The number of imide groups is 1. The molecule has 8 heteroatoms. The normalized spacial score (nSPS) is 21.5. The lowest BCUT2D eigenvalue weighted by atomic mass is 9.92. The van der Waals surface area contributed by atoms with Crippen LogP contribution >= 0.6 is 0 Å². The third-order valence-electron chi connectivity index (χ3n) is 5.85. The molecule has 0 saturated carbocycles. The maximum atomic E-state index is 13.1. The number of fused-ring (bicyclic) bond motifs is 3. The van der Waals surface area contributed by atoms with Crippen LogP contribution < -0.4 is 20.1 Å². The van der Waals surface area contributed by atoms with Gasteiger partial charge in [-0.2, -0.15) is 0 Å². The van der Waals surface area contributed by atoms with Crippen LogP contribution in [0.25, 0.3) is 0 Å². The number of hydrogen-bond donors (Lipinski definition) is 2. The van der Waals surface area contributed by atoms with E-state index in [2.05, 4.69) is 10.6 Å². The molecule has 1 atom stereocenters. The molecule has 2 aromatic rings. The van der Waals surface area contributed by atoms with Gasteiger partial charge in [0.05, 0.1) is 0 Å². The van der Waals surface area contributed by atoms with Crippen molar-refractivity contribution < 1.29 is 23.9 Å². The molecule has 2 aromatic carbocycles. The summed E-state index contributed by atoms with van der Waals surface area (Å²) in [5.41, 5.74) is 1.59. The number of para-hydroxylation sites is 1. The minimum absolute atomic E-state index is 0.211. The van der Waals surface area contributed by atoms with E-state index in [0.29, 0.717) is 37.6 Å². The maximum absolute atomic E-state index is 13.1. The fourth-order valence-electron chi connectivity index (χ4n) is 4.40. The Balaban J connectivity index is 1.27. The molecule has 1 aliphatic carbocycles. The van der Waals surface area contributed by atoms with Gasteiger partial charge in [-0.1, -0.05) is 36.4 Å². The molecule has 2 heterocycles. The average Bonchev–Trinajstić information content (AvgIpc) is 3.25. The zero-order chi connectivity index (χ0) is 20.7. The van der Waals surface area contributed by atoms with Crippen molar-refractivity contribution in [1.82, 2.24) is 15.5 Å². The van der Waals surface area contributed by atoms with E-state index in [4.69, 9.17) is 9.47 Å². The molecular formula is C22H21N3O5. The summed E-state index contributed by atoms with van der Waals surface area (Å²) in [6, 6.07) is 12.5. The predicted octanol–water partition coefficient (Wildman–Crippen LogP) is 1.47. The first-order chi connectivity index (χ1) is 14.6. The number of amides is 4. The monoisotopic (exact) mass is 407 g/mol. The zero-order valence-electron chi connectivity index (χ0n) is 16.3. The second-order valence-corrected chi connectivity index (χ2v) is 7.60. The molecule has 2 aliphatic heterocycles. The third kappa shape index (κ3) is 2.87. The van der Waals surface area contributed by atoms with Crippen LogP contribution in [0, 0.1) is 0 Å². The molecule has 30 heavy (non-hydrogen) atoms. The molecule has 0 bridgehead atoms. The Morgan fingerprint density at radius 1 is 1.10 bits per heavy atom. The summed E-state index contributed by atoms with van der Waals surface area (Å²) in [6.07, 6.45) is 1.21. The number of carbonyl (C=O) groups is 3. The summed E-state index contributed by atoms with van der Waals surface area (Å²) in [7, 11) is 0. The Morgan fingerprint density at radius 3 is 2.83 bits per heavy atom. The summed E-state index contributed by atoms with van der Waals surface area (Å²) in [5, 5.41) is 5.59. The molecule has 154 valence electrons. The highest BCUT2D eigenvalue weighted by Crippen LogP contribution is 2.41. The quantitative estimate of drug-likeness (QED) is 0.748. The van der Waals surface area contributed by atoms with E-state index in [0.717, 1.165) is 21.6 Å². The highest BCUT2D eigenvalue weighted by molar-refractivity contribution is 6.09. The highest BCUT2D eigenvalue weighted by atomic mass is 16.6. The summed E-state index contributed by atoms with van der Waals surface area (Å²) < 4.78 is 11.2. The van der Waals surface area contributed by atoms with E-state index in [1.807, 2.05) is 42.5 Å². The van der Waals surface area contributed by atoms with Crippen molar-refractivity contribution in [3.63, 3.8) is 0 Å². The van der Waals surface area contributed by atoms with Crippen molar-refractivity contribution in [2.75, 3.05) is 19.8 Å². The van der Waals surface area contributed by atoms with Crippen molar-refractivity contribution in [2.24, 2.45) is 0 Å². The Kier molecular flexibility index (Phi) is 4.34. The van der Waals surface area contributed by atoms with Crippen molar-refractivity contribution in [3.8, 4) is 11.5 Å². The minimum atomic E-state index is -1.06. The molecule has 5 rings (SSSR count). The molecule has 3 aliphatic rings. The Morgan fingerprint density at radius 2 is 1.93 bits per heavy atom. The summed E-state index contributed by atoms with van der Waals surface area (Å²) in [5.74, 6) is 0.460. The van der Waals surface area contributed by atoms with E-state index in [9.17, 15) is 14.4 Å². The van der Waals surface area contributed by atoms with Crippen molar-refractivity contribution in [2.45, 2.75) is 24.9 Å². The lowest BCUT2D eigenvalue weighted by Gasteiger charge is -2.22. The summed E-state index contributed by atoms with van der Waals surface area (Å²) >= 11 is 0. The molecule has 0 radical (unpaired) electrons. The topological polar surface area (TPSA) is 97.0 Å². The molecular weight excluding hydrogens is 386 g/mol. The zero-order valence-corrected chi connectivity index (χ0v) is 16.3. The van der Waals surface area contributed by atoms with Crippen LogP contribution in [0.2, 0.25) is 0 Å². The molecule has 0 aromatic heterocycles. The number of urea groups is 1. The predicted molar refractivity (Wildman–Crippen MR) is 106 cm³/mol. The van der Waals surface area contributed by atoms with E-state index >= 15 is 0 Å². The second kappa shape index (κ2) is 7.05. The van der Waals surface area contributed by atoms with Gasteiger partial charge in [-0.05, 0) is 30.0 Å². The van der Waals surface area contributed by atoms with Gasteiger partial charge >= 0.3 is 6.03 Å². The summed E-state index contributed by atoms with van der Waals surface area (Å²) in [6.45, 7) is 0.813. The minimum Gasteiger partial charge on any atom is -0.486 e. The first-order valence-corrected chi connectivity index (χ1v) is 9.95. The molecule has 8 nitrogen and oxygen atoms in total. The molecule has 2 N–H and O–H groups in total. The molecule has 1 fully saturated rings. The van der Waals surface area contributed by atoms with Crippen LogP contribution in [0.4, 0.5) is 4.79 Å². The van der Waals surface area contributed by atoms with E-state index in [1.54, 1.807) is 0 Å². The number of nitrogens with zero attached hydrogens (tertiary/aromatic N) is 1. The van der Waals surface area contributed by atoms with Gasteiger partial charge in [-0.15, -0.1) is 0 Å². The Bertz CT molecular complexity index is 1050. The average molecular weight is 407 g/mol. The van der Waals surface area contributed by atoms with Crippen LogP contribution in [0.1, 0.15) is 23.1 Å². The first-order valence-electron chi connectivity index (χ1n) is 9.95. The van der Waals surface area contributed by atoms with Crippen molar-refractivity contribution in [1.29, 1.82) is 0 Å². The van der Waals surface area contributed by atoms with E-state index in [-0.39, 0.29) is 19.0 Å². The van der Waals surface area contributed by atoms with Gasteiger partial charge in [-0.3, -0.25) is 14.5 Å². The maximum Gasteiger partial charge on any atom is 0.325 e. The van der Waals surface area contributed by atoms with Gasteiger partial charge in [0.15, 0.2) is 11.5 Å². The summed E-state index contributed by atoms with van der Waals surface area (Å²) in [4.78, 5) is 39.2. The lowest BCUT2D eigenvalue weighted by molar-refractivity contribution is -0.135. The van der Waals surface area contributed by atoms with Gasteiger partial charge in [-0.25, -0.2) is 4.79 Å². The molecule has 1 saturated heterocycles. The number of benzene rings is 2. The standard InChI is InChI=1S/C22H21N3O5/c26-18(23-12-15-5-3-7-17-19(15)30-11-10-29-17)13-25-20(27)22(24-21(25)28)9-8-14-4-1-2-6-16(14)22/h1-7H,8-13H2,(H,23,26)(H,24,28). The van der Waals surface area contributed by atoms with Crippen LogP contribution in [-0.4, -0.2) is 42.5 Å². The van der Waals surface area contributed by atoms with Crippen LogP contribution in [0.3, 0.4) is 0 Å². The van der Waals surface area contributed by atoms with Gasteiger partial charge in [0.1, 0.15) is 25.3 Å². The fourth-order valence-corrected chi connectivity index (χ4v) is 4.40. The van der Waals surface area contributed by atoms with Crippen LogP contribution in [-0.2, 0) is 28.1 Å². The molecule has 1 unspecified atom stereocenters. The van der Waals surface area contributed by atoms with Gasteiger partial charge in [0.2, 0.25) is 5.91 Å². The van der Waals surface area contributed by atoms with Crippen LogP contribution in [0.15, 0.2) is 42.5 Å². The largest absolute Gasteiger partial charge is 0.486 e. The smallest absolute Gasteiger partial charge is 0.325 e. The lowest BCUT2D eigenvalue weighted by Crippen LogP contribution is -2.43. The van der Waals surface area contributed by atoms with E-state index in [1.165, 1.54) is 0 Å². The molecule has 1 spiro atoms. The Labute approximate surface area is 173 Å². The number of nitrogens with one attached hydrogen (secondary N) is 2. The van der Waals surface area contributed by atoms with Gasteiger partial charge in [0.25, 0.3) is 5.91 Å². The number of ether oxygens (including phenoxy) is 2. The second-order valence-electron chi connectivity index (χ2n) is 7.60. The third-order valence-corrected chi connectivity index (χ3v) is 5.85. The Hall–Kier alpha value is -3.55. The van der Waals surface area contributed by atoms with Gasteiger partial charge in [0, 0.05) is 12.1 Å². The molecule has 4 amide bonds. The van der Waals surface area contributed by atoms with Crippen molar-refractivity contribution >= 4 is 17.8 Å². The number of rotatable bonds is 4. The number of carbonyl (C=O) groups excluding carboxylic acids is 3. The van der Waals surface area contributed by atoms with Gasteiger partial charge < -0.3 is 20.1 Å². The van der Waals surface area contributed by atoms with E-state index < -0.39 is 17.5 Å². The van der Waals surface area contributed by atoms with Crippen molar-refractivity contribution in [3.05, 3.63) is 59.2 Å².